The number of ether oxygens (including phenoxy) is 2. The number of benzene rings is 1. The number of aliphatic carboxylic acids is 1. The number of hydrogen-bond acceptors (Lipinski definition) is 4. The second kappa shape index (κ2) is 3.63. The monoisotopic (exact) mass is 256 g/mol. The molecule has 0 amide bonds. The molecule has 1 aliphatic rings. The second-order valence-electron chi connectivity index (χ2n) is 3.73. The smallest absolute Gasteiger partial charge is 0.352 e. The van der Waals surface area contributed by atoms with E-state index in [2.05, 4.69) is 0 Å². The Morgan fingerprint density at radius 3 is 2.71 bits per heavy atom. The zero-order chi connectivity index (χ0) is 12.8. The summed E-state index contributed by atoms with van der Waals surface area (Å²) in [7, 11) is 1.38. The van der Waals surface area contributed by atoms with Crippen LogP contribution in [-0.2, 0) is 15.1 Å². The standard InChI is InChI=1S/C11H9ClO5/c1-11(10(14)15)8-5(12)3-4-6(16-2)7(8)9(13)17-11/h3-4H,1-2H3,(H,14,15). The van der Waals surface area contributed by atoms with Crippen LogP contribution in [0.3, 0.4) is 0 Å². The van der Waals surface area contributed by atoms with E-state index in [4.69, 9.17) is 26.2 Å². The van der Waals surface area contributed by atoms with Gasteiger partial charge in [0.25, 0.3) is 0 Å². The minimum absolute atomic E-state index is 0.0740. The largest absolute Gasteiger partial charge is 0.496 e. The molecule has 17 heavy (non-hydrogen) atoms. The third-order valence-electron chi connectivity index (χ3n) is 2.72. The Labute approximate surface area is 102 Å². The summed E-state index contributed by atoms with van der Waals surface area (Å²) >= 11 is 5.94. The Balaban J connectivity index is 2.78. The molecule has 6 heteroatoms. The summed E-state index contributed by atoms with van der Waals surface area (Å²) < 4.78 is 9.90. The lowest BCUT2D eigenvalue weighted by atomic mass is 9.93. The van der Waals surface area contributed by atoms with Crippen molar-refractivity contribution in [2.45, 2.75) is 12.5 Å². The topological polar surface area (TPSA) is 72.8 Å². The van der Waals surface area contributed by atoms with Crippen molar-refractivity contribution >= 4 is 23.5 Å². The van der Waals surface area contributed by atoms with Crippen LogP contribution in [-0.4, -0.2) is 24.2 Å². The normalized spacial score (nSPS) is 21.9. The number of hydrogen-bond donors (Lipinski definition) is 1. The first-order chi connectivity index (χ1) is 7.91. The van der Waals surface area contributed by atoms with Crippen LogP contribution >= 0.6 is 11.6 Å². The Kier molecular flexibility index (Phi) is 2.50. The predicted octanol–water partition coefficient (Wildman–Crippen LogP) is 1.82. The molecule has 0 bridgehead atoms. The number of fused-ring (bicyclic) bond motifs is 1. The van der Waals surface area contributed by atoms with Gasteiger partial charge >= 0.3 is 11.9 Å². The Bertz CT molecular complexity index is 525. The Morgan fingerprint density at radius 2 is 2.18 bits per heavy atom. The quantitative estimate of drug-likeness (QED) is 0.817. The van der Waals surface area contributed by atoms with Gasteiger partial charge in [-0.1, -0.05) is 11.6 Å². The molecule has 5 nitrogen and oxygen atoms in total. The molecule has 0 aliphatic carbocycles. The average molecular weight is 257 g/mol. The fourth-order valence-electron chi connectivity index (χ4n) is 1.84. The van der Waals surface area contributed by atoms with E-state index in [1.165, 1.54) is 26.2 Å². The molecule has 1 heterocycles. The van der Waals surface area contributed by atoms with Crippen LogP contribution in [0.5, 0.6) is 5.75 Å². The summed E-state index contributed by atoms with van der Waals surface area (Å²) in [6.07, 6.45) is 0. The zero-order valence-electron chi connectivity index (χ0n) is 9.11. The van der Waals surface area contributed by atoms with Gasteiger partial charge in [0.1, 0.15) is 11.3 Å². The average Bonchev–Trinajstić information content (AvgIpc) is 2.54. The number of cyclic esters (lactones) is 1. The van der Waals surface area contributed by atoms with Gasteiger partial charge < -0.3 is 14.6 Å². The van der Waals surface area contributed by atoms with Crippen molar-refractivity contribution in [3.8, 4) is 5.75 Å². The molecular formula is C11H9ClO5. The molecule has 2 rings (SSSR count). The molecule has 1 aromatic rings. The highest BCUT2D eigenvalue weighted by molar-refractivity contribution is 6.32. The van der Waals surface area contributed by atoms with Crippen LogP contribution < -0.4 is 4.74 Å². The molecule has 1 aromatic carbocycles. The first kappa shape index (κ1) is 11.7. The van der Waals surface area contributed by atoms with Gasteiger partial charge in [0.05, 0.1) is 7.11 Å². The van der Waals surface area contributed by atoms with Crippen molar-refractivity contribution in [3.05, 3.63) is 28.3 Å². The fourth-order valence-corrected chi connectivity index (χ4v) is 2.17. The van der Waals surface area contributed by atoms with Crippen LogP contribution in [0.15, 0.2) is 12.1 Å². The van der Waals surface area contributed by atoms with Gasteiger partial charge in [0.15, 0.2) is 0 Å². The van der Waals surface area contributed by atoms with E-state index >= 15 is 0 Å². The van der Waals surface area contributed by atoms with Crippen LogP contribution in [0.4, 0.5) is 0 Å². The first-order valence-corrected chi connectivity index (χ1v) is 5.13. The number of methoxy groups -OCH3 is 1. The van der Waals surface area contributed by atoms with Gasteiger partial charge in [-0.15, -0.1) is 0 Å². The van der Waals surface area contributed by atoms with Crippen LogP contribution in [0.25, 0.3) is 0 Å². The lowest BCUT2D eigenvalue weighted by molar-refractivity contribution is -0.156. The van der Waals surface area contributed by atoms with Crippen LogP contribution in [0.1, 0.15) is 22.8 Å². The first-order valence-electron chi connectivity index (χ1n) is 4.75. The predicted molar refractivity (Wildman–Crippen MR) is 58.4 cm³/mol. The van der Waals surface area contributed by atoms with Crippen molar-refractivity contribution in [1.82, 2.24) is 0 Å². The molecule has 90 valence electrons. The highest BCUT2D eigenvalue weighted by atomic mass is 35.5. The van der Waals surface area contributed by atoms with Crippen molar-refractivity contribution in [1.29, 1.82) is 0 Å². The van der Waals surface area contributed by atoms with Crippen LogP contribution in [0.2, 0.25) is 5.02 Å². The summed E-state index contributed by atoms with van der Waals surface area (Å²) in [6.45, 7) is 1.28. The Hall–Kier alpha value is -1.75. The molecule has 1 N–H and O–H groups in total. The minimum atomic E-state index is -1.77. The number of rotatable bonds is 2. The maximum atomic E-state index is 11.7. The van der Waals surface area contributed by atoms with E-state index in [-0.39, 0.29) is 21.9 Å². The van der Waals surface area contributed by atoms with Crippen molar-refractivity contribution in [2.75, 3.05) is 7.11 Å². The maximum absolute atomic E-state index is 11.7. The molecule has 0 spiro atoms. The third kappa shape index (κ3) is 1.46. The number of esters is 1. The Morgan fingerprint density at radius 1 is 1.53 bits per heavy atom. The minimum Gasteiger partial charge on any atom is -0.496 e. The van der Waals surface area contributed by atoms with Gasteiger partial charge in [-0.3, -0.25) is 0 Å². The van der Waals surface area contributed by atoms with E-state index in [0.29, 0.717) is 0 Å². The van der Waals surface area contributed by atoms with E-state index in [1.54, 1.807) is 0 Å². The van der Waals surface area contributed by atoms with Crippen LogP contribution in [0, 0.1) is 0 Å². The molecule has 1 unspecified atom stereocenters. The van der Waals surface area contributed by atoms with Gasteiger partial charge in [-0.2, -0.15) is 0 Å². The summed E-state index contributed by atoms with van der Waals surface area (Å²) in [6, 6.07) is 2.97. The van der Waals surface area contributed by atoms with Gasteiger partial charge in [0.2, 0.25) is 5.60 Å². The van der Waals surface area contributed by atoms with E-state index in [0.717, 1.165) is 0 Å². The molecule has 0 fully saturated rings. The lowest BCUT2D eigenvalue weighted by Crippen LogP contribution is -2.32. The number of halogens is 1. The zero-order valence-corrected chi connectivity index (χ0v) is 9.87. The highest BCUT2D eigenvalue weighted by Crippen LogP contribution is 2.44. The third-order valence-corrected chi connectivity index (χ3v) is 3.04. The van der Waals surface area contributed by atoms with E-state index in [1.807, 2.05) is 0 Å². The summed E-state index contributed by atoms with van der Waals surface area (Å²) in [5.74, 6) is -1.77. The number of carboxylic acids is 1. The molecule has 0 aromatic heterocycles. The number of carbonyl (C=O) groups excluding carboxylic acids is 1. The second-order valence-corrected chi connectivity index (χ2v) is 4.13. The van der Waals surface area contributed by atoms with Crippen molar-refractivity contribution in [2.24, 2.45) is 0 Å². The van der Waals surface area contributed by atoms with Gasteiger partial charge in [-0.25, -0.2) is 9.59 Å². The van der Waals surface area contributed by atoms with E-state index < -0.39 is 17.5 Å². The number of carboxylic acid groups (broad SMARTS) is 1. The summed E-state index contributed by atoms with van der Waals surface area (Å²) in [4.78, 5) is 22.9. The molecule has 0 saturated carbocycles. The van der Waals surface area contributed by atoms with E-state index in [9.17, 15) is 9.59 Å². The molecule has 0 saturated heterocycles. The maximum Gasteiger partial charge on any atom is 0.352 e. The highest BCUT2D eigenvalue weighted by Gasteiger charge is 2.51. The summed E-state index contributed by atoms with van der Waals surface area (Å²) in [5.41, 5.74) is -1.56. The van der Waals surface area contributed by atoms with Gasteiger partial charge in [-0.05, 0) is 19.1 Å². The SMILES string of the molecule is COc1ccc(Cl)c2c1C(=O)OC2(C)C(=O)O. The summed E-state index contributed by atoms with van der Waals surface area (Å²) in [5, 5.41) is 9.31. The molecule has 1 aliphatic heterocycles. The lowest BCUT2D eigenvalue weighted by Gasteiger charge is -2.19. The molecule has 0 radical (unpaired) electrons. The fraction of sp³-hybridized carbons (Fsp3) is 0.273. The van der Waals surface area contributed by atoms with Crippen molar-refractivity contribution in [3.63, 3.8) is 0 Å². The van der Waals surface area contributed by atoms with Gasteiger partial charge in [0, 0.05) is 10.6 Å². The molecular weight excluding hydrogens is 248 g/mol. The van der Waals surface area contributed by atoms with Crippen molar-refractivity contribution < 1.29 is 24.2 Å². The number of carbonyl (C=O) groups is 2. The molecule has 1 atom stereocenters.